The predicted octanol–water partition coefficient (Wildman–Crippen LogP) is 3.34. The number of benzene rings is 1. The summed E-state index contributed by atoms with van der Waals surface area (Å²) in [7, 11) is -4.30. The van der Waals surface area contributed by atoms with Gasteiger partial charge in [-0.25, -0.2) is 4.98 Å². The van der Waals surface area contributed by atoms with E-state index in [-0.39, 0.29) is 11.7 Å². The molecule has 0 radical (unpaired) electrons. The minimum atomic E-state index is -4.30. The van der Waals surface area contributed by atoms with E-state index < -0.39 is 7.60 Å². The number of nitrogens with one attached hydrogen (secondary N) is 2. The smallest absolute Gasteiger partial charge is 0.349 e. The van der Waals surface area contributed by atoms with Crippen LogP contribution in [-0.4, -0.2) is 30.8 Å². The monoisotopic (exact) mass is 407 g/mol. The van der Waals surface area contributed by atoms with Crippen LogP contribution in [0, 0.1) is 0 Å². The lowest BCUT2D eigenvalue weighted by Gasteiger charge is -2.12. The molecule has 3 aromatic rings. The number of H-pyrrole nitrogens is 2. The maximum atomic E-state index is 11.8. The van der Waals surface area contributed by atoms with Crippen LogP contribution in [0.2, 0.25) is 0 Å². The quantitative estimate of drug-likeness (QED) is 0.461. The van der Waals surface area contributed by atoms with Gasteiger partial charge in [-0.1, -0.05) is 11.8 Å². The molecule has 2 heterocycles. The first-order valence-corrected chi connectivity index (χ1v) is 10.5. The van der Waals surface area contributed by atoms with Crippen LogP contribution in [0.1, 0.15) is 19.4 Å². The Morgan fingerprint density at radius 2 is 2.04 bits per heavy atom. The van der Waals surface area contributed by atoms with Gasteiger partial charge in [-0.3, -0.25) is 9.36 Å². The molecule has 0 atom stereocenters. The van der Waals surface area contributed by atoms with Crippen LogP contribution in [0.25, 0.3) is 17.1 Å². The predicted molar refractivity (Wildman–Crippen MR) is 104 cm³/mol. The van der Waals surface area contributed by atoms with Crippen LogP contribution in [-0.2, 0) is 4.57 Å². The molecule has 0 amide bonds. The van der Waals surface area contributed by atoms with E-state index in [1.165, 1.54) is 24.2 Å². The Balaban J connectivity index is 2.02. The summed E-state index contributed by atoms with van der Waals surface area (Å²) >= 11 is 1.33. The van der Waals surface area contributed by atoms with Crippen molar-refractivity contribution in [3.63, 3.8) is 0 Å². The Morgan fingerprint density at radius 1 is 1.26 bits per heavy atom. The standard InChI is InChI=1S/C17H18N3O5PS/c1-10(2)25-12-3-4-13(11(7-12)5-6-26(22,23)24)27-14-8-18-16-15(14)19-9-20-17(16)21/h3-10,18H,1-2H3,(H,19,20,21)(H2,22,23,24)/b6-5+. The molecule has 0 unspecified atom stereocenters. The second kappa shape index (κ2) is 7.74. The maximum Gasteiger partial charge on any atom is 0.349 e. The first-order valence-electron chi connectivity index (χ1n) is 8.01. The minimum Gasteiger partial charge on any atom is -0.491 e. The van der Waals surface area contributed by atoms with E-state index in [0.29, 0.717) is 22.3 Å². The molecule has 10 heteroatoms. The topological polar surface area (TPSA) is 128 Å². The van der Waals surface area contributed by atoms with Crippen LogP contribution < -0.4 is 10.3 Å². The number of nitrogens with zero attached hydrogens (tertiary/aromatic N) is 1. The molecule has 0 fully saturated rings. The van der Waals surface area contributed by atoms with Gasteiger partial charge in [0.2, 0.25) is 0 Å². The third-order valence-electron chi connectivity index (χ3n) is 3.46. The van der Waals surface area contributed by atoms with Crippen molar-refractivity contribution in [3.8, 4) is 5.75 Å². The molecule has 0 saturated carbocycles. The lowest BCUT2D eigenvalue weighted by molar-refractivity contribution is 0.242. The summed E-state index contributed by atoms with van der Waals surface area (Å²) < 4.78 is 16.9. The van der Waals surface area contributed by atoms with Crippen LogP contribution in [0.4, 0.5) is 0 Å². The van der Waals surface area contributed by atoms with E-state index in [4.69, 9.17) is 14.5 Å². The van der Waals surface area contributed by atoms with E-state index in [9.17, 15) is 9.36 Å². The highest BCUT2D eigenvalue weighted by Gasteiger charge is 2.13. The number of hydrogen-bond donors (Lipinski definition) is 4. The fourth-order valence-electron chi connectivity index (χ4n) is 2.40. The molecule has 142 valence electrons. The summed E-state index contributed by atoms with van der Waals surface area (Å²) in [6, 6.07) is 5.30. The van der Waals surface area contributed by atoms with Crippen molar-refractivity contribution in [2.75, 3.05) is 0 Å². The van der Waals surface area contributed by atoms with Gasteiger partial charge in [0.15, 0.2) is 0 Å². The molecule has 0 bridgehead atoms. The Kier molecular flexibility index (Phi) is 5.57. The molecule has 0 aliphatic heterocycles. The maximum absolute atomic E-state index is 11.8. The average Bonchev–Trinajstić information content (AvgIpc) is 2.98. The molecule has 0 aliphatic rings. The van der Waals surface area contributed by atoms with E-state index >= 15 is 0 Å². The largest absolute Gasteiger partial charge is 0.491 e. The van der Waals surface area contributed by atoms with Crippen molar-refractivity contribution in [1.82, 2.24) is 15.0 Å². The SMILES string of the molecule is CC(C)Oc1ccc(Sc2c[nH]c3c(=O)[nH]cnc23)c(/C=C/P(=O)(O)O)c1. The molecule has 4 N–H and O–H groups in total. The first-order chi connectivity index (χ1) is 12.7. The summed E-state index contributed by atoms with van der Waals surface area (Å²) in [6.07, 6.45) is 4.33. The lowest BCUT2D eigenvalue weighted by atomic mass is 10.2. The van der Waals surface area contributed by atoms with Gasteiger partial charge in [0.05, 0.1) is 17.3 Å². The van der Waals surface area contributed by atoms with Crippen molar-refractivity contribution in [2.24, 2.45) is 0 Å². The van der Waals surface area contributed by atoms with Crippen LogP contribution in [0.15, 0.2) is 51.1 Å². The second-order valence-electron chi connectivity index (χ2n) is 5.98. The number of aromatic amines is 2. The van der Waals surface area contributed by atoms with Gasteiger partial charge in [-0.2, -0.15) is 0 Å². The van der Waals surface area contributed by atoms with Crippen molar-refractivity contribution in [3.05, 3.63) is 52.5 Å². The Labute approximate surface area is 158 Å². The number of fused-ring (bicyclic) bond motifs is 1. The van der Waals surface area contributed by atoms with E-state index in [2.05, 4.69) is 15.0 Å². The highest BCUT2D eigenvalue weighted by molar-refractivity contribution is 7.99. The van der Waals surface area contributed by atoms with Gasteiger partial charge in [-0.05, 0) is 43.7 Å². The minimum absolute atomic E-state index is 0.0355. The van der Waals surface area contributed by atoms with Crippen molar-refractivity contribution in [2.45, 2.75) is 29.7 Å². The summed E-state index contributed by atoms with van der Waals surface area (Å²) in [5.74, 6) is 1.44. The zero-order valence-corrected chi connectivity index (χ0v) is 16.3. The fraction of sp³-hybridized carbons (Fsp3) is 0.176. The number of aromatic nitrogens is 3. The lowest BCUT2D eigenvalue weighted by Crippen LogP contribution is -2.05. The zero-order chi connectivity index (χ0) is 19.6. The summed E-state index contributed by atoms with van der Waals surface area (Å²) in [5, 5.41) is 0. The molecule has 0 spiro atoms. The van der Waals surface area contributed by atoms with Gasteiger partial charge < -0.3 is 24.5 Å². The molecule has 27 heavy (non-hydrogen) atoms. The molecule has 0 saturated heterocycles. The Bertz CT molecular complexity index is 1100. The highest BCUT2D eigenvalue weighted by Crippen LogP contribution is 2.40. The zero-order valence-electron chi connectivity index (χ0n) is 14.5. The molecule has 8 nitrogen and oxygen atoms in total. The van der Waals surface area contributed by atoms with Gasteiger partial charge in [0.25, 0.3) is 5.56 Å². The van der Waals surface area contributed by atoms with Crippen LogP contribution >= 0.6 is 19.4 Å². The summed E-state index contributed by atoms with van der Waals surface area (Å²) in [4.78, 5) is 41.2. The molecule has 0 aliphatic carbocycles. The van der Waals surface area contributed by atoms with E-state index in [0.717, 1.165) is 15.6 Å². The van der Waals surface area contributed by atoms with Crippen LogP contribution in [0.3, 0.4) is 0 Å². The van der Waals surface area contributed by atoms with Gasteiger partial charge in [0, 0.05) is 16.9 Å². The number of hydrogen-bond acceptors (Lipinski definition) is 5. The normalized spacial score (nSPS) is 12.3. The number of ether oxygens (including phenoxy) is 1. The highest BCUT2D eigenvalue weighted by atomic mass is 32.2. The Hall–Kier alpha value is -2.32. The van der Waals surface area contributed by atoms with Gasteiger partial charge in [-0.15, -0.1) is 0 Å². The summed E-state index contributed by atoms with van der Waals surface area (Å²) in [5.41, 5.74) is 1.21. The van der Waals surface area contributed by atoms with Crippen molar-refractivity contribution in [1.29, 1.82) is 0 Å². The van der Waals surface area contributed by atoms with Crippen molar-refractivity contribution < 1.29 is 19.1 Å². The van der Waals surface area contributed by atoms with Crippen LogP contribution in [0.5, 0.6) is 5.75 Å². The van der Waals surface area contributed by atoms with Gasteiger partial charge in [0.1, 0.15) is 16.8 Å². The van der Waals surface area contributed by atoms with Crippen molar-refractivity contribution >= 4 is 36.5 Å². The van der Waals surface area contributed by atoms with Gasteiger partial charge >= 0.3 is 7.60 Å². The molecular formula is C17H18N3O5PS. The molecule has 1 aromatic carbocycles. The second-order valence-corrected chi connectivity index (χ2v) is 8.54. The number of rotatable bonds is 6. The van der Waals surface area contributed by atoms with E-state index in [1.54, 1.807) is 24.4 Å². The molecular weight excluding hydrogens is 389 g/mol. The molecule has 3 rings (SSSR count). The third kappa shape index (κ3) is 4.90. The summed E-state index contributed by atoms with van der Waals surface area (Å²) in [6.45, 7) is 3.78. The first kappa shape index (κ1) is 19.4. The molecule has 2 aromatic heterocycles. The van der Waals surface area contributed by atoms with E-state index in [1.807, 2.05) is 13.8 Å². The Morgan fingerprint density at radius 3 is 2.74 bits per heavy atom. The fourth-order valence-corrected chi connectivity index (χ4v) is 3.74. The third-order valence-corrected chi connectivity index (χ3v) is 5.12. The average molecular weight is 407 g/mol.